The van der Waals surface area contributed by atoms with Gasteiger partial charge in [-0.25, -0.2) is 4.98 Å². The van der Waals surface area contributed by atoms with Gasteiger partial charge >= 0.3 is 0 Å². The zero-order valence-electron chi connectivity index (χ0n) is 14.9. The molecule has 2 aromatic carbocycles. The monoisotopic (exact) mass is 354 g/mol. The Balaban J connectivity index is 1.56. The van der Waals surface area contributed by atoms with E-state index in [4.69, 9.17) is 0 Å². The fourth-order valence-electron chi connectivity index (χ4n) is 3.44. The van der Waals surface area contributed by atoms with Gasteiger partial charge in [0, 0.05) is 17.9 Å². The van der Waals surface area contributed by atoms with Gasteiger partial charge in [0.2, 0.25) is 0 Å². The molecule has 4 rings (SSSR count). The Labute approximate surface area is 157 Å². The standard InChI is InChI=1S/C22H18N4O/c1-15-12-16-6-3-5-9-20(16)26(15)22(27)18-10-11-21(24-14-18)25-19-8-4-2-7-17(19)13-23/h2-11,14-15H,12H2,1H3,(H,24,25). The molecule has 0 saturated carbocycles. The quantitative estimate of drug-likeness (QED) is 0.762. The summed E-state index contributed by atoms with van der Waals surface area (Å²) in [6.45, 7) is 2.06. The highest BCUT2D eigenvalue weighted by molar-refractivity contribution is 6.07. The summed E-state index contributed by atoms with van der Waals surface area (Å²) >= 11 is 0. The summed E-state index contributed by atoms with van der Waals surface area (Å²) in [5.41, 5.74) is 3.94. The third-order valence-corrected chi connectivity index (χ3v) is 4.75. The Morgan fingerprint density at radius 1 is 1.15 bits per heavy atom. The maximum absolute atomic E-state index is 13.0. The van der Waals surface area contributed by atoms with Crippen molar-refractivity contribution in [2.24, 2.45) is 0 Å². The highest BCUT2D eigenvalue weighted by atomic mass is 16.2. The number of pyridine rings is 1. The normalized spacial score (nSPS) is 15.1. The number of aromatic nitrogens is 1. The Hall–Kier alpha value is -3.65. The molecule has 27 heavy (non-hydrogen) atoms. The zero-order valence-corrected chi connectivity index (χ0v) is 14.9. The molecule has 5 nitrogen and oxygen atoms in total. The van der Waals surface area contributed by atoms with Crippen LogP contribution in [0.5, 0.6) is 0 Å². The molecule has 0 radical (unpaired) electrons. The van der Waals surface area contributed by atoms with Crippen LogP contribution in [-0.4, -0.2) is 16.9 Å². The van der Waals surface area contributed by atoms with E-state index >= 15 is 0 Å². The lowest BCUT2D eigenvalue weighted by Crippen LogP contribution is -2.35. The predicted octanol–water partition coefficient (Wildman–Crippen LogP) is 4.29. The number of fused-ring (bicyclic) bond motifs is 1. The summed E-state index contributed by atoms with van der Waals surface area (Å²) in [5, 5.41) is 12.3. The Bertz CT molecular complexity index is 1040. The smallest absolute Gasteiger partial charge is 0.260 e. The van der Waals surface area contributed by atoms with Gasteiger partial charge < -0.3 is 10.2 Å². The first kappa shape index (κ1) is 16.8. The van der Waals surface area contributed by atoms with E-state index in [0.29, 0.717) is 22.6 Å². The molecule has 0 aliphatic carbocycles. The second kappa shape index (κ2) is 6.93. The number of rotatable bonds is 3. The van der Waals surface area contributed by atoms with Gasteiger partial charge in [0.1, 0.15) is 11.9 Å². The highest BCUT2D eigenvalue weighted by Gasteiger charge is 2.31. The van der Waals surface area contributed by atoms with Gasteiger partial charge in [0.25, 0.3) is 5.91 Å². The van der Waals surface area contributed by atoms with Gasteiger partial charge in [-0.3, -0.25) is 4.79 Å². The number of hydrogen-bond acceptors (Lipinski definition) is 4. The molecule has 1 N–H and O–H groups in total. The molecule has 0 saturated heterocycles. The molecule has 0 fully saturated rings. The van der Waals surface area contributed by atoms with E-state index in [2.05, 4.69) is 29.4 Å². The lowest BCUT2D eigenvalue weighted by atomic mass is 10.1. The Morgan fingerprint density at radius 2 is 1.93 bits per heavy atom. The van der Waals surface area contributed by atoms with E-state index in [1.54, 1.807) is 24.4 Å². The summed E-state index contributed by atoms with van der Waals surface area (Å²) in [4.78, 5) is 19.2. The van der Waals surface area contributed by atoms with Crippen molar-refractivity contribution < 1.29 is 4.79 Å². The molecular formula is C22H18N4O. The number of amides is 1. The van der Waals surface area contributed by atoms with Crippen molar-refractivity contribution in [3.63, 3.8) is 0 Å². The van der Waals surface area contributed by atoms with E-state index in [-0.39, 0.29) is 11.9 Å². The van der Waals surface area contributed by atoms with Crippen LogP contribution < -0.4 is 10.2 Å². The molecule has 0 bridgehead atoms. The first-order valence-electron chi connectivity index (χ1n) is 8.81. The summed E-state index contributed by atoms with van der Waals surface area (Å²) < 4.78 is 0. The van der Waals surface area contributed by atoms with Crippen molar-refractivity contribution >= 4 is 23.1 Å². The van der Waals surface area contributed by atoms with E-state index in [9.17, 15) is 10.1 Å². The van der Waals surface area contributed by atoms with E-state index in [0.717, 1.165) is 12.1 Å². The minimum Gasteiger partial charge on any atom is -0.339 e. The topological polar surface area (TPSA) is 69.0 Å². The number of anilines is 3. The van der Waals surface area contributed by atoms with Crippen LogP contribution in [0.1, 0.15) is 28.4 Å². The Morgan fingerprint density at radius 3 is 2.70 bits per heavy atom. The molecule has 1 aliphatic heterocycles. The van der Waals surface area contributed by atoms with Gasteiger partial charge in [-0.1, -0.05) is 30.3 Å². The molecule has 1 aromatic heterocycles. The molecule has 1 amide bonds. The number of nitrogens with one attached hydrogen (secondary N) is 1. The van der Waals surface area contributed by atoms with E-state index in [1.165, 1.54) is 5.56 Å². The number of nitrogens with zero attached hydrogens (tertiary/aromatic N) is 3. The highest BCUT2D eigenvalue weighted by Crippen LogP contribution is 2.33. The summed E-state index contributed by atoms with van der Waals surface area (Å²) in [6, 6.07) is 21.0. The summed E-state index contributed by atoms with van der Waals surface area (Å²) in [7, 11) is 0. The number of nitriles is 1. The molecule has 0 spiro atoms. The lowest BCUT2D eigenvalue weighted by molar-refractivity contribution is 0.0981. The minimum atomic E-state index is -0.0519. The third-order valence-electron chi connectivity index (χ3n) is 4.75. The second-order valence-corrected chi connectivity index (χ2v) is 6.57. The van der Waals surface area contributed by atoms with Crippen molar-refractivity contribution in [1.82, 2.24) is 4.98 Å². The van der Waals surface area contributed by atoms with Crippen molar-refractivity contribution in [1.29, 1.82) is 5.26 Å². The van der Waals surface area contributed by atoms with Crippen LogP contribution in [0.15, 0.2) is 66.9 Å². The molecule has 132 valence electrons. The van der Waals surface area contributed by atoms with Crippen LogP contribution in [0, 0.1) is 11.3 Å². The molecule has 1 aliphatic rings. The molecule has 3 aromatic rings. The maximum Gasteiger partial charge on any atom is 0.260 e. The van der Waals surface area contributed by atoms with Crippen molar-refractivity contribution in [2.45, 2.75) is 19.4 Å². The number of carbonyl (C=O) groups excluding carboxylic acids is 1. The van der Waals surface area contributed by atoms with Gasteiger partial charge in [-0.2, -0.15) is 5.26 Å². The Kier molecular flexibility index (Phi) is 4.31. The average molecular weight is 354 g/mol. The molecule has 1 unspecified atom stereocenters. The number of benzene rings is 2. The van der Waals surface area contributed by atoms with Gasteiger partial charge in [-0.05, 0) is 49.2 Å². The van der Waals surface area contributed by atoms with Crippen LogP contribution in [0.3, 0.4) is 0 Å². The van der Waals surface area contributed by atoms with Crippen LogP contribution in [-0.2, 0) is 6.42 Å². The van der Waals surface area contributed by atoms with Crippen LogP contribution in [0.2, 0.25) is 0 Å². The largest absolute Gasteiger partial charge is 0.339 e. The number of para-hydroxylation sites is 2. The van der Waals surface area contributed by atoms with Gasteiger partial charge in [0.05, 0.1) is 16.8 Å². The fraction of sp³-hybridized carbons (Fsp3) is 0.136. The van der Waals surface area contributed by atoms with Crippen molar-refractivity contribution in [3.05, 3.63) is 83.6 Å². The summed E-state index contributed by atoms with van der Waals surface area (Å²) in [6.07, 6.45) is 2.44. The van der Waals surface area contributed by atoms with E-state index < -0.39 is 0 Å². The first-order chi connectivity index (χ1) is 13.2. The number of carbonyl (C=O) groups is 1. The van der Waals surface area contributed by atoms with Crippen LogP contribution in [0.25, 0.3) is 0 Å². The van der Waals surface area contributed by atoms with Crippen LogP contribution >= 0.6 is 0 Å². The van der Waals surface area contributed by atoms with Gasteiger partial charge in [0.15, 0.2) is 0 Å². The first-order valence-corrected chi connectivity index (χ1v) is 8.81. The van der Waals surface area contributed by atoms with Crippen molar-refractivity contribution in [3.8, 4) is 6.07 Å². The predicted molar refractivity (Wildman–Crippen MR) is 105 cm³/mol. The lowest BCUT2D eigenvalue weighted by Gasteiger charge is -2.22. The summed E-state index contributed by atoms with van der Waals surface area (Å²) in [5.74, 6) is 0.535. The fourth-order valence-corrected chi connectivity index (χ4v) is 3.44. The SMILES string of the molecule is CC1Cc2ccccc2N1C(=O)c1ccc(Nc2ccccc2C#N)nc1. The zero-order chi connectivity index (χ0) is 18.8. The molecule has 2 heterocycles. The third kappa shape index (κ3) is 3.13. The van der Waals surface area contributed by atoms with Crippen LogP contribution in [0.4, 0.5) is 17.2 Å². The van der Waals surface area contributed by atoms with Crippen molar-refractivity contribution in [2.75, 3.05) is 10.2 Å². The molecule has 5 heteroatoms. The molecule has 1 atom stereocenters. The van der Waals surface area contributed by atoms with Gasteiger partial charge in [-0.15, -0.1) is 0 Å². The van der Waals surface area contributed by atoms with E-state index in [1.807, 2.05) is 41.3 Å². The molecular weight excluding hydrogens is 336 g/mol. The number of hydrogen-bond donors (Lipinski definition) is 1. The average Bonchev–Trinajstić information content (AvgIpc) is 3.04. The maximum atomic E-state index is 13.0. The second-order valence-electron chi connectivity index (χ2n) is 6.57. The minimum absolute atomic E-state index is 0.0519.